The standard InChI is InChI=1S/C15H21N3O2/c1-11-5-7-18(8-6-11)10-15(19)17-13-4-3-12(16)9-14(13)20-2/h3-5,9H,6-8,10,16H2,1-2H3,(H,17,19). The molecular weight excluding hydrogens is 254 g/mol. The molecule has 3 N–H and O–H groups in total. The van der Waals surface area contributed by atoms with Crippen LogP contribution in [0.25, 0.3) is 0 Å². The summed E-state index contributed by atoms with van der Waals surface area (Å²) in [5.74, 6) is 0.536. The summed E-state index contributed by atoms with van der Waals surface area (Å²) in [5, 5.41) is 2.87. The van der Waals surface area contributed by atoms with Crippen LogP contribution in [-0.4, -0.2) is 37.6 Å². The number of anilines is 2. The molecule has 0 aromatic heterocycles. The summed E-state index contributed by atoms with van der Waals surface area (Å²) in [5.41, 5.74) is 8.34. The highest BCUT2D eigenvalue weighted by molar-refractivity contribution is 5.94. The van der Waals surface area contributed by atoms with Crippen LogP contribution in [0.15, 0.2) is 29.8 Å². The monoisotopic (exact) mass is 275 g/mol. The SMILES string of the molecule is COc1cc(N)ccc1NC(=O)CN1CC=C(C)CC1. The summed E-state index contributed by atoms with van der Waals surface area (Å²) < 4.78 is 5.21. The van der Waals surface area contributed by atoms with Gasteiger partial charge < -0.3 is 15.8 Å². The first-order valence-electron chi connectivity index (χ1n) is 6.70. The van der Waals surface area contributed by atoms with E-state index in [1.54, 1.807) is 25.3 Å². The van der Waals surface area contributed by atoms with Gasteiger partial charge in [-0.05, 0) is 25.5 Å². The van der Waals surface area contributed by atoms with Crippen molar-refractivity contribution in [3.05, 3.63) is 29.8 Å². The number of rotatable bonds is 4. The third kappa shape index (κ3) is 3.74. The van der Waals surface area contributed by atoms with E-state index in [2.05, 4.69) is 23.2 Å². The molecule has 1 amide bonds. The van der Waals surface area contributed by atoms with Crippen LogP contribution in [0.3, 0.4) is 0 Å². The lowest BCUT2D eigenvalue weighted by Gasteiger charge is -2.24. The lowest BCUT2D eigenvalue weighted by molar-refractivity contribution is -0.117. The van der Waals surface area contributed by atoms with Crippen molar-refractivity contribution in [2.75, 3.05) is 37.8 Å². The van der Waals surface area contributed by atoms with Crippen molar-refractivity contribution in [2.45, 2.75) is 13.3 Å². The predicted molar refractivity (Wildman–Crippen MR) is 80.9 cm³/mol. The average molecular weight is 275 g/mol. The summed E-state index contributed by atoms with van der Waals surface area (Å²) in [6.07, 6.45) is 3.19. The van der Waals surface area contributed by atoms with Crippen LogP contribution in [0.1, 0.15) is 13.3 Å². The van der Waals surface area contributed by atoms with Crippen LogP contribution >= 0.6 is 0 Å². The van der Waals surface area contributed by atoms with Crippen molar-refractivity contribution < 1.29 is 9.53 Å². The lowest BCUT2D eigenvalue weighted by atomic mass is 10.1. The van der Waals surface area contributed by atoms with Gasteiger partial charge in [-0.15, -0.1) is 0 Å². The van der Waals surface area contributed by atoms with E-state index in [1.807, 2.05) is 0 Å². The van der Waals surface area contributed by atoms with Gasteiger partial charge in [0.15, 0.2) is 0 Å². The second kappa shape index (κ2) is 6.43. The van der Waals surface area contributed by atoms with Gasteiger partial charge in [0.1, 0.15) is 5.75 Å². The number of nitrogens with zero attached hydrogens (tertiary/aromatic N) is 1. The molecule has 5 nitrogen and oxygen atoms in total. The lowest BCUT2D eigenvalue weighted by Crippen LogP contribution is -2.36. The minimum absolute atomic E-state index is 0.0407. The zero-order chi connectivity index (χ0) is 14.5. The van der Waals surface area contributed by atoms with Crippen LogP contribution in [0.4, 0.5) is 11.4 Å². The summed E-state index contributed by atoms with van der Waals surface area (Å²) in [6.45, 7) is 4.26. The minimum Gasteiger partial charge on any atom is -0.494 e. The Labute approximate surface area is 119 Å². The number of amides is 1. The van der Waals surface area contributed by atoms with Crippen LogP contribution in [0.5, 0.6) is 5.75 Å². The first-order chi connectivity index (χ1) is 9.58. The summed E-state index contributed by atoms with van der Waals surface area (Å²) in [6, 6.07) is 5.19. The maximum absolute atomic E-state index is 12.1. The number of methoxy groups -OCH3 is 1. The van der Waals surface area contributed by atoms with Crippen LogP contribution < -0.4 is 15.8 Å². The van der Waals surface area contributed by atoms with E-state index in [-0.39, 0.29) is 5.91 Å². The number of nitrogen functional groups attached to an aromatic ring is 1. The topological polar surface area (TPSA) is 67.6 Å². The fraction of sp³-hybridized carbons (Fsp3) is 0.400. The molecule has 20 heavy (non-hydrogen) atoms. The zero-order valence-corrected chi connectivity index (χ0v) is 12.0. The second-order valence-corrected chi connectivity index (χ2v) is 5.04. The molecule has 0 saturated heterocycles. The smallest absolute Gasteiger partial charge is 0.238 e. The highest BCUT2D eigenvalue weighted by atomic mass is 16.5. The molecule has 0 saturated carbocycles. The number of carbonyl (C=O) groups excluding carboxylic acids is 1. The first kappa shape index (κ1) is 14.4. The van der Waals surface area contributed by atoms with Crippen LogP contribution in [0.2, 0.25) is 0 Å². The van der Waals surface area contributed by atoms with Crippen LogP contribution in [0, 0.1) is 0 Å². The van der Waals surface area contributed by atoms with Crippen molar-refractivity contribution in [1.82, 2.24) is 4.90 Å². The number of hydrogen-bond acceptors (Lipinski definition) is 4. The number of nitrogens with two attached hydrogens (primary N) is 1. The van der Waals surface area contributed by atoms with Crippen molar-refractivity contribution in [1.29, 1.82) is 0 Å². The van der Waals surface area contributed by atoms with Crippen molar-refractivity contribution >= 4 is 17.3 Å². The molecule has 5 heteroatoms. The van der Waals surface area contributed by atoms with E-state index in [0.29, 0.717) is 23.7 Å². The molecular formula is C15H21N3O2. The molecule has 0 radical (unpaired) electrons. The quantitative estimate of drug-likeness (QED) is 0.650. The zero-order valence-electron chi connectivity index (χ0n) is 12.0. The van der Waals surface area contributed by atoms with E-state index in [4.69, 9.17) is 10.5 Å². The van der Waals surface area contributed by atoms with Gasteiger partial charge in [-0.1, -0.05) is 11.6 Å². The number of benzene rings is 1. The molecule has 1 aliphatic rings. The number of nitrogens with one attached hydrogen (secondary N) is 1. The molecule has 1 aromatic rings. The highest BCUT2D eigenvalue weighted by Crippen LogP contribution is 2.26. The van der Waals surface area contributed by atoms with E-state index in [1.165, 1.54) is 5.57 Å². The van der Waals surface area contributed by atoms with Gasteiger partial charge in [-0.2, -0.15) is 0 Å². The van der Waals surface area contributed by atoms with Gasteiger partial charge in [-0.3, -0.25) is 9.69 Å². The van der Waals surface area contributed by atoms with Gasteiger partial charge in [0.25, 0.3) is 0 Å². The Balaban J connectivity index is 1.95. The van der Waals surface area contributed by atoms with Crippen molar-refractivity contribution in [3.8, 4) is 5.75 Å². The molecule has 0 fully saturated rings. The molecule has 1 heterocycles. The van der Waals surface area contributed by atoms with Gasteiger partial charge in [0, 0.05) is 24.8 Å². The van der Waals surface area contributed by atoms with Crippen LogP contribution in [-0.2, 0) is 4.79 Å². The molecule has 1 aliphatic heterocycles. The molecule has 108 valence electrons. The molecule has 0 atom stereocenters. The Morgan fingerprint density at radius 1 is 1.50 bits per heavy atom. The number of ether oxygens (including phenoxy) is 1. The summed E-state index contributed by atoms with van der Waals surface area (Å²) >= 11 is 0. The van der Waals surface area contributed by atoms with E-state index in [0.717, 1.165) is 19.5 Å². The Kier molecular flexibility index (Phi) is 4.63. The third-order valence-corrected chi connectivity index (χ3v) is 3.39. The molecule has 0 aliphatic carbocycles. The van der Waals surface area contributed by atoms with E-state index in [9.17, 15) is 4.79 Å². The molecule has 1 aromatic carbocycles. The van der Waals surface area contributed by atoms with Gasteiger partial charge in [0.05, 0.1) is 19.3 Å². The Morgan fingerprint density at radius 2 is 2.30 bits per heavy atom. The molecule has 0 unspecified atom stereocenters. The first-order valence-corrected chi connectivity index (χ1v) is 6.70. The van der Waals surface area contributed by atoms with Gasteiger partial charge in [-0.25, -0.2) is 0 Å². The number of carbonyl (C=O) groups is 1. The minimum atomic E-state index is -0.0407. The fourth-order valence-electron chi connectivity index (χ4n) is 2.16. The largest absolute Gasteiger partial charge is 0.494 e. The Bertz CT molecular complexity index is 526. The third-order valence-electron chi connectivity index (χ3n) is 3.39. The normalized spacial score (nSPS) is 15.6. The van der Waals surface area contributed by atoms with Gasteiger partial charge in [0.2, 0.25) is 5.91 Å². The maximum atomic E-state index is 12.1. The molecule has 2 rings (SSSR count). The maximum Gasteiger partial charge on any atom is 0.238 e. The predicted octanol–water partition coefficient (Wildman–Crippen LogP) is 1.87. The molecule has 0 bridgehead atoms. The van der Waals surface area contributed by atoms with E-state index < -0.39 is 0 Å². The van der Waals surface area contributed by atoms with Gasteiger partial charge >= 0.3 is 0 Å². The van der Waals surface area contributed by atoms with Crippen molar-refractivity contribution in [2.24, 2.45) is 0 Å². The van der Waals surface area contributed by atoms with Crippen molar-refractivity contribution in [3.63, 3.8) is 0 Å². The average Bonchev–Trinajstić information content (AvgIpc) is 2.43. The summed E-state index contributed by atoms with van der Waals surface area (Å²) in [4.78, 5) is 14.2. The number of hydrogen-bond donors (Lipinski definition) is 2. The fourth-order valence-corrected chi connectivity index (χ4v) is 2.16. The van der Waals surface area contributed by atoms with E-state index >= 15 is 0 Å². The summed E-state index contributed by atoms with van der Waals surface area (Å²) in [7, 11) is 1.56. The second-order valence-electron chi connectivity index (χ2n) is 5.04. The Hall–Kier alpha value is -2.01. The molecule has 0 spiro atoms. The Morgan fingerprint density at radius 3 is 2.95 bits per heavy atom. The highest BCUT2D eigenvalue weighted by Gasteiger charge is 2.14.